The van der Waals surface area contributed by atoms with Gasteiger partial charge >= 0.3 is 12.0 Å². The van der Waals surface area contributed by atoms with Gasteiger partial charge in [0.15, 0.2) is 0 Å². The molecule has 0 unspecified atom stereocenters. The maximum absolute atomic E-state index is 11.3. The van der Waals surface area contributed by atoms with Crippen LogP contribution in [0.4, 0.5) is 4.79 Å². The summed E-state index contributed by atoms with van der Waals surface area (Å²) in [6.45, 7) is 0. The topological polar surface area (TPSA) is 62.5 Å². The van der Waals surface area contributed by atoms with Crippen molar-refractivity contribution in [1.82, 2.24) is 9.47 Å². The zero-order chi connectivity index (χ0) is 10.0. The van der Waals surface area contributed by atoms with Crippen molar-refractivity contribution in [2.75, 3.05) is 14.1 Å². The number of carboxylic acids is 1. The van der Waals surface area contributed by atoms with Crippen molar-refractivity contribution in [1.29, 1.82) is 0 Å². The van der Waals surface area contributed by atoms with Crippen LogP contribution in [0.1, 0.15) is 10.4 Å². The van der Waals surface area contributed by atoms with Crippen LogP contribution in [0.3, 0.4) is 0 Å². The molecule has 0 aliphatic rings. The highest BCUT2D eigenvalue weighted by molar-refractivity contribution is 5.89. The average Bonchev–Trinajstić information content (AvgIpc) is 2.50. The van der Waals surface area contributed by atoms with Crippen molar-refractivity contribution in [3.05, 3.63) is 24.0 Å². The van der Waals surface area contributed by atoms with Crippen LogP contribution in [-0.4, -0.2) is 40.7 Å². The van der Waals surface area contributed by atoms with E-state index in [1.165, 1.54) is 27.9 Å². The molecule has 0 saturated heterocycles. The number of amides is 1. The van der Waals surface area contributed by atoms with E-state index >= 15 is 0 Å². The Balaban J connectivity index is 2.92. The first kappa shape index (κ1) is 9.31. The minimum Gasteiger partial charge on any atom is -0.478 e. The summed E-state index contributed by atoms with van der Waals surface area (Å²) >= 11 is 0. The van der Waals surface area contributed by atoms with Crippen LogP contribution in [0.15, 0.2) is 18.5 Å². The molecule has 1 aromatic heterocycles. The van der Waals surface area contributed by atoms with Crippen molar-refractivity contribution < 1.29 is 14.7 Å². The largest absolute Gasteiger partial charge is 0.478 e. The number of carboxylic acid groups (broad SMARTS) is 1. The van der Waals surface area contributed by atoms with Crippen molar-refractivity contribution in [3.8, 4) is 0 Å². The molecule has 0 atom stereocenters. The van der Waals surface area contributed by atoms with Gasteiger partial charge in [-0.05, 0) is 6.07 Å². The van der Waals surface area contributed by atoms with Gasteiger partial charge in [0, 0.05) is 26.5 Å². The number of carbonyl (C=O) groups excluding carboxylic acids is 1. The second kappa shape index (κ2) is 3.30. The van der Waals surface area contributed by atoms with Crippen LogP contribution < -0.4 is 0 Å². The summed E-state index contributed by atoms with van der Waals surface area (Å²) in [6, 6.07) is 1.11. The highest BCUT2D eigenvalue weighted by Crippen LogP contribution is 2.01. The number of carbonyl (C=O) groups is 2. The van der Waals surface area contributed by atoms with Gasteiger partial charge in [0.1, 0.15) is 0 Å². The lowest BCUT2D eigenvalue weighted by Gasteiger charge is -2.09. The Hall–Kier alpha value is -1.78. The molecule has 1 N–H and O–H groups in total. The van der Waals surface area contributed by atoms with E-state index < -0.39 is 5.97 Å². The molecule has 1 heterocycles. The fraction of sp³-hybridized carbons (Fsp3) is 0.250. The zero-order valence-electron chi connectivity index (χ0n) is 7.39. The van der Waals surface area contributed by atoms with Gasteiger partial charge in [-0.15, -0.1) is 0 Å². The summed E-state index contributed by atoms with van der Waals surface area (Å²) in [5, 5.41) is 8.58. The first-order valence-electron chi connectivity index (χ1n) is 3.65. The van der Waals surface area contributed by atoms with Gasteiger partial charge in [0.05, 0.1) is 5.56 Å². The van der Waals surface area contributed by atoms with Crippen molar-refractivity contribution in [2.45, 2.75) is 0 Å². The van der Waals surface area contributed by atoms with E-state index in [9.17, 15) is 9.59 Å². The second-order valence-corrected chi connectivity index (χ2v) is 2.79. The van der Waals surface area contributed by atoms with Gasteiger partial charge in [-0.25, -0.2) is 9.59 Å². The minimum absolute atomic E-state index is 0.107. The Labute approximate surface area is 75.2 Å². The average molecular weight is 182 g/mol. The van der Waals surface area contributed by atoms with Gasteiger partial charge < -0.3 is 10.0 Å². The molecule has 0 fully saturated rings. The van der Waals surface area contributed by atoms with Gasteiger partial charge in [0.2, 0.25) is 0 Å². The Morgan fingerprint density at radius 2 is 2.08 bits per heavy atom. The van der Waals surface area contributed by atoms with Crippen molar-refractivity contribution in [2.24, 2.45) is 0 Å². The van der Waals surface area contributed by atoms with Crippen LogP contribution in [-0.2, 0) is 0 Å². The number of aromatic nitrogens is 1. The third-order valence-corrected chi connectivity index (χ3v) is 1.54. The fourth-order valence-corrected chi connectivity index (χ4v) is 0.873. The monoisotopic (exact) mass is 182 g/mol. The Morgan fingerprint density at radius 3 is 2.46 bits per heavy atom. The lowest BCUT2D eigenvalue weighted by Crippen LogP contribution is -2.26. The van der Waals surface area contributed by atoms with Gasteiger partial charge in [-0.1, -0.05) is 0 Å². The molecule has 13 heavy (non-hydrogen) atoms. The number of aromatic carboxylic acids is 1. The first-order valence-corrected chi connectivity index (χ1v) is 3.65. The Kier molecular flexibility index (Phi) is 2.36. The van der Waals surface area contributed by atoms with E-state index in [0.717, 1.165) is 0 Å². The third-order valence-electron chi connectivity index (χ3n) is 1.54. The molecule has 5 nitrogen and oxygen atoms in total. The van der Waals surface area contributed by atoms with Crippen LogP contribution in [0, 0.1) is 0 Å². The predicted octanol–water partition coefficient (Wildman–Crippen LogP) is 0.716. The van der Waals surface area contributed by atoms with E-state index in [2.05, 4.69) is 0 Å². The van der Waals surface area contributed by atoms with Crippen molar-refractivity contribution >= 4 is 12.0 Å². The molecule has 5 heteroatoms. The molecule has 0 radical (unpaired) electrons. The van der Waals surface area contributed by atoms with E-state index in [4.69, 9.17) is 5.11 Å². The third kappa shape index (κ3) is 1.87. The van der Waals surface area contributed by atoms with E-state index in [-0.39, 0.29) is 11.6 Å². The fourth-order valence-electron chi connectivity index (χ4n) is 0.873. The molecule has 0 aliphatic carbocycles. The summed E-state index contributed by atoms with van der Waals surface area (Å²) < 4.78 is 1.23. The summed E-state index contributed by atoms with van der Waals surface area (Å²) in [5.41, 5.74) is 0.107. The number of nitrogens with zero attached hydrogens (tertiary/aromatic N) is 2. The summed E-state index contributed by atoms with van der Waals surface area (Å²) in [4.78, 5) is 23.1. The van der Waals surface area contributed by atoms with E-state index in [1.54, 1.807) is 14.1 Å². The molecule has 0 saturated carbocycles. The number of rotatable bonds is 1. The molecular weight excluding hydrogens is 172 g/mol. The molecule has 0 aromatic carbocycles. The van der Waals surface area contributed by atoms with Gasteiger partial charge in [-0.3, -0.25) is 4.57 Å². The summed E-state index contributed by atoms with van der Waals surface area (Å²) in [6.07, 6.45) is 2.70. The summed E-state index contributed by atoms with van der Waals surface area (Å²) in [5.74, 6) is -1.04. The van der Waals surface area contributed by atoms with Crippen LogP contribution in [0.2, 0.25) is 0 Å². The Bertz CT molecular complexity index is 341. The van der Waals surface area contributed by atoms with E-state index in [1.807, 2.05) is 0 Å². The maximum atomic E-state index is 11.3. The zero-order valence-corrected chi connectivity index (χ0v) is 7.39. The second-order valence-electron chi connectivity index (χ2n) is 2.79. The normalized spacial score (nSPS) is 9.69. The first-order chi connectivity index (χ1) is 6.02. The van der Waals surface area contributed by atoms with Crippen LogP contribution in [0.5, 0.6) is 0 Å². The summed E-state index contributed by atoms with van der Waals surface area (Å²) in [7, 11) is 3.20. The lowest BCUT2D eigenvalue weighted by molar-refractivity contribution is 0.0697. The predicted molar refractivity (Wildman–Crippen MR) is 45.9 cm³/mol. The molecular formula is C8H10N2O3. The van der Waals surface area contributed by atoms with E-state index in [0.29, 0.717) is 0 Å². The lowest BCUT2D eigenvalue weighted by atomic mass is 10.4. The number of hydrogen-bond acceptors (Lipinski definition) is 2. The molecule has 0 bridgehead atoms. The maximum Gasteiger partial charge on any atom is 0.337 e. The molecule has 1 aromatic rings. The van der Waals surface area contributed by atoms with Crippen LogP contribution >= 0.6 is 0 Å². The number of hydrogen-bond donors (Lipinski definition) is 1. The highest BCUT2D eigenvalue weighted by Gasteiger charge is 2.10. The molecule has 0 aliphatic heterocycles. The molecule has 1 rings (SSSR count). The molecule has 1 amide bonds. The van der Waals surface area contributed by atoms with Gasteiger partial charge in [-0.2, -0.15) is 0 Å². The molecule has 0 spiro atoms. The van der Waals surface area contributed by atoms with Crippen molar-refractivity contribution in [3.63, 3.8) is 0 Å². The Morgan fingerprint density at radius 1 is 1.46 bits per heavy atom. The van der Waals surface area contributed by atoms with Crippen LogP contribution in [0.25, 0.3) is 0 Å². The quantitative estimate of drug-likeness (QED) is 0.695. The smallest absolute Gasteiger partial charge is 0.337 e. The standard InChI is InChI=1S/C8H10N2O3/c1-9(2)8(13)10-4-3-6(5-10)7(11)12/h3-5H,1-2H3,(H,11,12). The SMILES string of the molecule is CN(C)C(=O)n1ccc(C(=O)O)c1. The minimum atomic E-state index is -1.04. The molecule has 70 valence electrons. The van der Waals surface area contributed by atoms with Gasteiger partial charge in [0.25, 0.3) is 0 Å². The highest BCUT2D eigenvalue weighted by atomic mass is 16.4.